The molecule has 0 bridgehead atoms. The van der Waals surface area contributed by atoms with Crippen LogP contribution >= 0.6 is 11.8 Å². The lowest BCUT2D eigenvalue weighted by Gasteiger charge is -2.30. The molecule has 0 aliphatic heterocycles. The molecule has 0 aliphatic rings. The minimum Gasteiger partial charge on any atom is -0.337 e. The normalized spacial score (nSPS) is 11.2. The second-order valence-electron chi connectivity index (χ2n) is 5.88. The maximum absolute atomic E-state index is 12.4. The molecule has 2 rings (SSSR count). The van der Waals surface area contributed by atoms with E-state index in [2.05, 4.69) is 15.5 Å². The number of rotatable bonds is 7. The third-order valence-corrected chi connectivity index (χ3v) is 4.34. The molecule has 0 aliphatic carbocycles. The molecule has 1 heterocycles. The van der Waals surface area contributed by atoms with Crippen molar-refractivity contribution in [1.82, 2.24) is 25.1 Å². The highest BCUT2D eigenvalue weighted by molar-refractivity contribution is 7.99. The Morgan fingerprint density at radius 1 is 1.17 bits per heavy atom. The van der Waals surface area contributed by atoms with Gasteiger partial charge < -0.3 is 4.90 Å². The predicted octanol–water partition coefficient (Wildman–Crippen LogP) is 2.46. The van der Waals surface area contributed by atoms with Gasteiger partial charge in [0, 0.05) is 12.1 Å². The van der Waals surface area contributed by atoms with Crippen molar-refractivity contribution < 1.29 is 4.79 Å². The Kier molecular flexibility index (Phi) is 6.15. The van der Waals surface area contributed by atoms with Crippen LogP contribution in [0.1, 0.15) is 33.3 Å². The van der Waals surface area contributed by atoms with Crippen LogP contribution in [0, 0.1) is 0 Å². The lowest BCUT2D eigenvalue weighted by atomic mass is 10.2. The Balaban J connectivity index is 1.99. The van der Waals surface area contributed by atoms with Crippen LogP contribution in [-0.4, -0.2) is 48.9 Å². The molecule has 0 saturated heterocycles. The Labute approximate surface area is 141 Å². The maximum atomic E-state index is 12.4. The molecular weight excluding hydrogens is 310 g/mol. The van der Waals surface area contributed by atoms with Crippen LogP contribution in [0.4, 0.5) is 0 Å². The van der Waals surface area contributed by atoms with Crippen LogP contribution in [0.5, 0.6) is 0 Å². The fourth-order valence-corrected chi connectivity index (χ4v) is 3.27. The Morgan fingerprint density at radius 2 is 1.83 bits per heavy atom. The molecule has 0 fully saturated rings. The quantitative estimate of drug-likeness (QED) is 0.728. The number of thioether (sulfide) groups is 1. The van der Waals surface area contributed by atoms with Gasteiger partial charge in [-0.3, -0.25) is 4.79 Å². The molecule has 1 aromatic heterocycles. The number of tetrazole rings is 1. The lowest BCUT2D eigenvalue weighted by Crippen LogP contribution is -2.43. The summed E-state index contributed by atoms with van der Waals surface area (Å²) in [4.78, 5) is 14.3. The van der Waals surface area contributed by atoms with Crippen molar-refractivity contribution in [3.63, 3.8) is 0 Å². The van der Waals surface area contributed by atoms with E-state index in [1.54, 1.807) is 4.68 Å². The largest absolute Gasteiger partial charge is 0.337 e. The first kappa shape index (κ1) is 17.5. The summed E-state index contributed by atoms with van der Waals surface area (Å²) >= 11 is 1.38. The number of carbonyl (C=O) groups is 1. The maximum Gasteiger partial charge on any atom is 0.233 e. The Morgan fingerprint density at radius 3 is 2.43 bits per heavy atom. The van der Waals surface area contributed by atoms with Gasteiger partial charge in [-0.1, -0.05) is 42.1 Å². The molecule has 0 radical (unpaired) electrons. The molecule has 0 unspecified atom stereocenters. The van der Waals surface area contributed by atoms with Crippen molar-refractivity contribution >= 4 is 17.7 Å². The highest BCUT2D eigenvalue weighted by Crippen LogP contribution is 2.17. The summed E-state index contributed by atoms with van der Waals surface area (Å²) in [5, 5.41) is 12.4. The summed E-state index contributed by atoms with van der Waals surface area (Å²) in [7, 11) is 0. The Hall–Kier alpha value is -1.89. The van der Waals surface area contributed by atoms with Crippen molar-refractivity contribution in [1.29, 1.82) is 0 Å². The first-order valence-corrected chi connectivity index (χ1v) is 8.71. The molecule has 2 aromatic rings. The van der Waals surface area contributed by atoms with E-state index in [0.29, 0.717) is 17.5 Å². The monoisotopic (exact) mass is 333 g/mol. The smallest absolute Gasteiger partial charge is 0.233 e. The highest BCUT2D eigenvalue weighted by atomic mass is 32.2. The number of nitrogens with zero attached hydrogens (tertiary/aromatic N) is 5. The van der Waals surface area contributed by atoms with Gasteiger partial charge in [0.25, 0.3) is 0 Å². The predicted molar refractivity (Wildman–Crippen MR) is 91.2 cm³/mol. The zero-order valence-corrected chi connectivity index (χ0v) is 14.8. The number of hydrogen-bond donors (Lipinski definition) is 0. The van der Waals surface area contributed by atoms with E-state index >= 15 is 0 Å². The average Bonchev–Trinajstić information content (AvgIpc) is 2.92. The summed E-state index contributed by atoms with van der Waals surface area (Å²) in [5.74, 6) is 0.445. The Bertz CT molecular complexity index is 618. The van der Waals surface area contributed by atoms with Crippen molar-refractivity contribution in [3.05, 3.63) is 35.9 Å². The van der Waals surface area contributed by atoms with E-state index in [4.69, 9.17) is 0 Å². The van der Waals surface area contributed by atoms with E-state index < -0.39 is 0 Å². The molecular formula is C16H23N5OS. The van der Waals surface area contributed by atoms with Crippen molar-refractivity contribution in [2.45, 2.75) is 51.5 Å². The standard InChI is InChI=1S/C16H23N5OS/c1-12(2)21(13(3)4)15(22)11-23-16-17-18-19-20(16)10-14-8-6-5-7-9-14/h5-9,12-13H,10-11H2,1-4H3. The molecule has 1 amide bonds. The van der Waals surface area contributed by atoms with E-state index in [0.717, 1.165) is 5.56 Å². The third-order valence-electron chi connectivity index (χ3n) is 3.40. The zero-order valence-electron chi connectivity index (χ0n) is 14.0. The minimum atomic E-state index is 0.106. The second-order valence-corrected chi connectivity index (χ2v) is 6.82. The van der Waals surface area contributed by atoms with Gasteiger partial charge in [-0.2, -0.15) is 0 Å². The van der Waals surface area contributed by atoms with Crippen molar-refractivity contribution in [2.24, 2.45) is 0 Å². The molecule has 0 spiro atoms. The van der Waals surface area contributed by atoms with Gasteiger partial charge in [-0.25, -0.2) is 4.68 Å². The van der Waals surface area contributed by atoms with Gasteiger partial charge >= 0.3 is 0 Å². The van der Waals surface area contributed by atoms with E-state index in [-0.39, 0.29) is 18.0 Å². The van der Waals surface area contributed by atoms with E-state index in [1.807, 2.05) is 62.9 Å². The van der Waals surface area contributed by atoms with Crippen LogP contribution < -0.4 is 0 Å². The molecule has 1 aromatic carbocycles. The number of amides is 1. The zero-order chi connectivity index (χ0) is 16.8. The summed E-state index contributed by atoms with van der Waals surface area (Å²) < 4.78 is 1.72. The van der Waals surface area contributed by atoms with Crippen LogP contribution in [0.15, 0.2) is 35.5 Å². The van der Waals surface area contributed by atoms with Gasteiger partial charge in [0.1, 0.15) is 0 Å². The fraction of sp³-hybridized carbons (Fsp3) is 0.500. The van der Waals surface area contributed by atoms with E-state index in [1.165, 1.54) is 11.8 Å². The molecule has 0 atom stereocenters. The molecule has 6 nitrogen and oxygen atoms in total. The van der Waals surface area contributed by atoms with Gasteiger partial charge in [-0.15, -0.1) is 5.10 Å². The second kappa shape index (κ2) is 8.10. The summed E-state index contributed by atoms with van der Waals surface area (Å²) in [6, 6.07) is 10.4. The summed E-state index contributed by atoms with van der Waals surface area (Å²) in [6.07, 6.45) is 0. The topological polar surface area (TPSA) is 63.9 Å². The number of carbonyl (C=O) groups excluding carboxylic acids is 1. The molecule has 124 valence electrons. The fourth-order valence-electron chi connectivity index (χ4n) is 2.53. The van der Waals surface area contributed by atoms with Crippen LogP contribution in [0.25, 0.3) is 0 Å². The van der Waals surface area contributed by atoms with Crippen molar-refractivity contribution in [2.75, 3.05) is 5.75 Å². The van der Waals surface area contributed by atoms with Crippen LogP contribution in [-0.2, 0) is 11.3 Å². The summed E-state index contributed by atoms with van der Waals surface area (Å²) in [5.41, 5.74) is 1.12. The van der Waals surface area contributed by atoms with Crippen LogP contribution in [0.3, 0.4) is 0 Å². The van der Waals surface area contributed by atoms with Gasteiger partial charge in [0.2, 0.25) is 11.1 Å². The SMILES string of the molecule is CC(C)N(C(=O)CSc1nnnn1Cc1ccccc1)C(C)C. The number of benzene rings is 1. The average molecular weight is 333 g/mol. The van der Waals surface area contributed by atoms with Gasteiger partial charge in [-0.05, 0) is 43.7 Å². The minimum absolute atomic E-state index is 0.106. The molecule has 23 heavy (non-hydrogen) atoms. The molecule has 0 saturated carbocycles. The third kappa shape index (κ3) is 4.79. The molecule has 7 heteroatoms. The first-order valence-electron chi connectivity index (χ1n) is 7.73. The highest BCUT2D eigenvalue weighted by Gasteiger charge is 2.21. The number of aromatic nitrogens is 4. The van der Waals surface area contributed by atoms with Gasteiger partial charge in [0.05, 0.1) is 12.3 Å². The number of hydrogen-bond acceptors (Lipinski definition) is 5. The van der Waals surface area contributed by atoms with Crippen LogP contribution in [0.2, 0.25) is 0 Å². The van der Waals surface area contributed by atoms with Crippen molar-refractivity contribution in [3.8, 4) is 0 Å². The lowest BCUT2D eigenvalue weighted by molar-refractivity contribution is -0.131. The first-order chi connectivity index (χ1) is 11.0. The van der Waals surface area contributed by atoms with Gasteiger partial charge in [0.15, 0.2) is 0 Å². The van der Waals surface area contributed by atoms with E-state index in [9.17, 15) is 4.79 Å². The molecule has 0 N–H and O–H groups in total. The summed E-state index contributed by atoms with van der Waals surface area (Å²) in [6.45, 7) is 8.72.